The fourth-order valence-corrected chi connectivity index (χ4v) is 3.32. The van der Waals surface area contributed by atoms with Crippen molar-refractivity contribution in [3.05, 3.63) is 127 Å². The normalized spacial score (nSPS) is 10.5. The van der Waals surface area contributed by atoms with Gasteiger partial charge in [0.05, 0.1) is 0 Å². The Bertz CT molecular complexity index is 1010. The van der Waals surface area contributed by atoms with Crippen LogP contribution in [-0.2, 0) is 6.42 Å². The molecule has 0 heterocycles. The first kappa shape index (κ1) is 17.1. The van der Waals surface area contributed by atoms with Crippen LogP contribution < -0.4 is 0 Å². The molecule has 0 bridgehead atoms. The molecule has 0 amide bonds. The Morgan fingerprint density at radius 1 is 0.481 bits per heavy atom. The van der Waals surface area contributed by atoms with E-state index in [0.717, 1.165) is 12.0 Å². The Kier molecular flexibility index (Phi) is 4.98. The predicted octanol–water partition coefficient (Wildman–Crippen LogP) is 7.28. The molecule has 0 spiro atoms. The largest absolute Gasteiger partial charge is 0.0949 e. The van der Waals surface area contributed by atoms with Gasteiger partial charge in [0, 0.05) is 0 Å². The lowest BCUT2D eigenvalue weighted by Crippen LogP contribution is -1.90. The molecule has 0 unspecified atom stereocenters. The number of allylic oxidation sites excluding steroid dienone is 1. The van der Waals surface area contributed by atoms with Crippen LogP contribution in [0.15, 0.2) is 116 Å². The molecule has 0 saturated heterocycles. The van der Waals surface area contributed by atoms with E-state index in [2.05, 4.69) is 104 Å². The van der Waals surface area contributed by atoms with E-state index in [1.54, 1.807) is 0 Å². The molecule has 0 saturated carbocycles. The topological polar surface area (TPSA) is 0 Å². The molecule has 0 aliphatic rings. The summed E-state index contributed by atoms with van der Waals surface area (Å²) in [6.07, 6.45) is 0.861. The summed E-state index contributed by atoms with van der Waals surface area (Å²) in [5.74, 6) is 0. The Labute approximate surface area is 161 Å². The van der Waals surface area contributed by atoms with Crippen molar-refractivity contribution in [1.29, 1.82) is 0 Å². The molecule has 0 radical (unpaired) electrons. The van der Waals surface area contributed by atoms with Crippen molar-refractivity contribution in [2.24, 2.45) is 0 Å². The molecule has 0 atom stereocenters. The maximum Gasteiger partial charge on any atom is -0.00257 e. The molecular formula is C27H22. The molecule has 4 aromatic rings. The van der Waals surface area contributed by atoms with Crippen LogP contribution in [0.5, 0.6) is 0 Å². The Hall–Kier alpha value is -3.38. The third kappa shape index (κ3) is 4.07. The first-order chi connectivity index (χ1) is 13.3. The van der Waals surface area contributed by atoms with Crippen LogP contribution >= 0.6 is 0 Å². The third-order valence-electron chi connectivity index (χ3n) is 4.88. The highest BCUT2D eigenvalue weighted by Crippen LogP contribution is 2.25. The van der Waals surface area contributed by atoms with E-state index in [0.29, 0.717) is 0 Å². The van der Waals surface area contributed by atoms with Crippen molar-refractivity contribution < 1.29 is 0 Å². The first-order valence-electron chi connectivity index (χ1n) is 9.27. The summed E-state index contributed by atoms with van der Waals surface area (Å²) in [7, 11) is 0. The van der Waals surface area contributed by atoms with Crippen LogP contribution in [0.2, 0.25) is 0 Å². The molecular weight excluding hydrogens is 324 g/mol. The number of hydrogen-bond donors (Lipinski definition) is 0. The van der Waals surface area contributed by atoms with Crippen molar-refractivity contribution in [2.75, 3.05) is 0 Å². The monoisotopic (exact) mass is 346 g/mol. The zero-order chi connectivity index (χ0) is 18.5. The van der Waals surface area contributed by atoms with E-state index in [1.807, 2.05) is 12.1 Å². The average Bonchev–Trinajstić information content (AvgIpc) is 2.76. The molecule has 0 nitrogen and oxygen atoms in total. The van der Waals surface area contributed by atoms with Crippen LogP contribution in [0.3, 0.4) is 0 Å². The summed E-state index contributed by atoms with van der Waals surface area (Å²) in [5, 5.41) is 0. The highest BCUT2D eigenvalue weighted by atomic mass is 14.1. The number of hydrogen-bond acceptors (Lipinski definition) is 0. The summed E-state index contributed by atoms with van der Waals surface area (Å²) in [6.45, 7) is 4.30. The van der Waals surface area contributed by atoms with Gasteiger partial charge in [0.25, 0.3) is 0 Å². The van der Waals surface area contributed by atoms with Crippen molar-refractivity contribution in [3.8, 4) is 22.3 Å². The summed E-state index contributed by atoms with van der Waals surface area (Å²) >= 11 is 0. The fraction of sp³-hybridized carbons (Fsp3) is 0.0370. The van der Waals surface area contributed by atoms with Crippen molar-refractivity contribution >= 4 is 5.57 Å². The van der Waals surface area contributed by atoms with Gasteiger partial charge in [-0.15, -0.1) is 0 Å². The van der Waals surface area contributed by atoms with Gasteiger partial charge in [0.1, 0.15) is 0 Å². The number of rotatable bonds is 5. The highest BCUT2D eigenvalue weighted by Gasteiger charge is 2.04. The number of benzene rings is 4. The van der Waals surface area contributed by atoms with Crippen LogP contribution in [-0.4, -0.2) is 0 Å². The second-order valence-electron chi connectivity index (χ2n) is 6.79. The summed E-state index contributed by atoms with van der Waals surface area (Å²) in [4.78, 5) is 0. The Morgan fingerprint density at radius 2 is 0.889 bits per heavy atom. The van der Waals surface area contributed by atoms with Gasteiger partial charge in [-0.2, -0.15) is 0 Å². The van der Waals surface area contributed by atoms with Crippen molar-refractivity contribution in [3.63, 3.8) is 0 Å². The van der Waals surface area contributed by atoms with Crippen LogP contribution in [0.4, 0.5) is 0 Å². The molecule has 0 aromatic heterocycles. The van der Waals surface area contributed by atoms with Gasteiger partial charge in [0.15, 0.2) is 0 Å². The summed E-state index contributed by atoms with van der Waals surface area (Å²) < 4.78 is 0. The summed E-state index contributed by atoms with van der Waals surface area (Å²) in [5.41, 5.74) is 8.60. The first-order valence-corrected chi connectivity index (χ1v) is 9.27. The van der Waals surface area contributed by atoms with E-state index in [4.69, 9.17) is 0 Å². The lowest BCUT2D eigenvalue weighted by Gasteiger charge is -2.09. The summed E-state index contributed by atoms with van der Waals surface area (Å²) in [6, 6.07) is 38.4. The molecule has 4 aromatic carbocycles. The molecule has 4 rings (SSSR count). The van der Waals surface area contributed by atoms with Gasteiger partial charge in [-0.3, -0.25) is 0 Å². The minimum Gasteiger partial charge on any atom is -0.0949 e. The zero-order valence-corrected chi connectivity index (χ0v) is 15.3. The van der Waals surface area contributed by atoms with Crippen LogP contribution in [0.25, 0.3) is 27.8 Å². The molecule has 0 N–H and O–H groups in total. The standard InChI is InChI=1S/C27H22/c1-21(23-16-18-27(19-17-23)25-10-6-3-7-11-25)20-22-12-14-26(15-13-22)24-8-4-2-5-9-24/h2-19H,1,20H2. The zero-order valence-electron chi connectivity index (χ0n) is 15.3. The quantitative estimate of drug-likeness (QED) is 0.356. The molecule has 0 heteroatoms. The molecule has 130 valence electrons. The van der Waals surface area contributed by atoms with Gasteiger partial charge in [-0.25, -0.2) is 0 Å². The van der Waals surface area contributed by atoms with Gasteiger partial charge >= 0.3 is 0 Å². The van der Waals surface area contributed by atoms with E-state index < -0.39 is 0 Å². The van der Waals surface area contributed by atoms with Gasteiger partial charge in [0.2, 0.25) is 0 Å². The predicted molar refractivity (Wildman–Crippen MR) is 116 cm³/mol. The van der Waals surface area contributed by atoms with Crippen LogP contribution in [0.1, 0.15) is 11.1 Å². The van der Waals surface area contributed by atoms with Crippen LogP contribution in [0, 0.1) is 0 Å². The Balaban J connectivity index is 1.46. The maximum absolute atomic E-state index is 4.30. The van der Waals surface area contributed by atoms with Gasteiger partial charge in [-0.05, 0) is 45.4 Å². The van der Waals surface area contributed by atoms with E-state index in [-0.39, 0.29) is 0 Å². The van der Waals surface area contributed by atoms with Crippen molar-refractivity contribution in [1.82, 2.24) is 0 Å². The minimum atomic E-state index is 0.861. The second-order valence-corrected chi connectivity index (χ2v) is 6.79. The lowest BCUT2D eigenvalue weighted by atomic mass is 9.96. The molecule has 27 heavy (non-hydrogen) atoms. The van der Waals surface area contributed by atoms with Gasteiger partial charge < -0.3 is 0 Å². The van der Waals surface area contributed by atoms with Gasteiger partial charge in [-0.1, -0.05) is 116 Å². The molecule has 0 aliphatic carbocycles. The lowest BCUT2D eigenvalue weighted by molar-refractivity contribution is 1.29. The van der Waals surface area contributed by atoms with E-state index >= 15 is 0 Å². The van der Waals surface area contributed by atoms with E-state index in [1.165, 1.54) is 33.4 Å². The average molecular weight is 346 g/mol. The third-order valence-corrected chi connectivity index (χ3v) is 4.88. The van der Waals surface area contributed by atoms with E-state index in [9.17, 15) is 0 Å². The SMILES string of the molecule is C=C(Cc1ccc(-c2ccccc2)cc1)c1ccc(-c2ccccc2)cc1. The fourth-order valence-electron chi connectivity index (χ4n) is 3.32. The highest BCUT2D eigenvalue weighted by molar-refractivity contribution is 5.71. The molecule has 0 fully saturated rings. The van der Waals surface area contributed by atoms with Crippen molar-refractivity contribution in [2.45, 2.75) is 6.42 Å². The Morgan fingerprint density at radius 3 is 1.37 bits per heavy atom. The minimum absolute atomic E-state index is 0.861. The maximum atomic E-state index is 4.30. The molecule has 0 aliphatic heterocycles. The smallest absolute Gasteiger partial charge is 0.00257 e. The second kappa shape index (κ2) is 7.88.